The first kappa shape index (κ1) is 20.7. The maximum absolute atomic E-state index is 13.4. The number of carboxylic acid groups (broad SMARTS) is 1. The molecule has 150 valence electrons. The number of benzene rings is 2. The van der Waals surface area contributed by atoms with E-state index in [-0.39, 0.29) is 5.02 Å². The zero-order valence-electron chi connectivity index (χ0n) is 15.3. The summed E-state index contributed by atoms with van der Waals surface area (Å²) in [5.74, 6) is -1.23. The number of carbonyl (C=O) groups is 1. The van der Waals surface area contributed by atoms with E-state index in [1.807, 2.05) is 31.2 Å². The van der Waals surface area contributed by atoms with Crippen molar-refractivity contribution in [3.8, 4) is 0 Å². The van der Waals surface area contributed by atoms with Gasteiger partial charge < -0.3 is 5.11 Å². The average Bonchev–Trinajstić information content (AvgIpc) is 2.63. The van der Waals surface area contributed by atoms with Gasteiger partial charge in [0.1, 0.15) is 0 Å². The number of nitrogens with zero attached hydrogens (tertiary/aromatic N) is 1. The van der Waals surface area contributed by atoms with E-state index in [1.54, 1.807) is 6.07 Å². The Morgan fingerprint density at radius 3 is 2.36 bits per heavy atom. The second-order valence-corrected chi connectivity index (χ2v) is 7.61. The molecule has 2 aromatic carbocycles. The highest BCUT2D eigenvalue weighted by atomic mass is 35.5. The fraction of sp³-hybridized carbons (Fsp3) is 0.381. The molecule has 1 saturated heterocycles. The van der Waals surface area contributed by atoms with Gasteiger partial charge in [0.05, 0.1) is 22.5 Å². The largest absolute Gasteiger partial charge is 0.481 e. The molecule has 1 fully saturated rings. The first-order chi connectivity index (χ1) is 13.2. The Hall–Kier alpha value is -2.05. The molecular formula is C21H21ClF3NO2. The van der Waals surface area contributed by atoms with Crippen LogP contribution in [0.5, 0.6) is 0 Å². The lowest BCUT2D eigenvalue weighted by atomic mass is 9.90. The number of aliphatic carboxylic acids is 1. The van der Waals surface area contributed by atoms with Crippen LogP contribution in [0.1, 0.15) is 41.1 Å². The summed E-state index contributed by atoms with van der Waals surface area (Å²) in [5.41, 5.74) is 1.53. The van der Waals surface area contributed by atoms with Crippen LogP contribution in [0, 0.1) is 12.8 Å². The number of aryl methyl sites for hydroxylation is 1. The predicted molar refractivity (Wildman–Crippen MR) is 101 cm³/mol. The molecule has 1 atom stereocenters. The van der Waals surface area contributed by atoms with Gasteiger partial charge in [-0.3, -0.25) is 9.69 Å². The molecule has 1 unspecified atom stereocenters. The van der Waals surface area contributed by atoms with Gasteiger partial charge in [-0.2, -0.15) is 13.2 Å². The number of piperidine rings is 1. The van der Waals surface area contributed by atoms with Gasteiger partial charge in [0.2, 0.25) is 0 Å². The summed E-state index contributed by atoms with van der Waals surface area (Å²) < 4.78 is 40.1. The third kappa shape index (κ3) is 4.50. The van der Waals surface area contributed by atoms with Gasteiger partial charge in [-0.15, -0.1) is 0 Å². The highest BCUT2D eigenvalue weighted by Gasteiger charge is 2.35. The monoisotopic (exact) mass is 411 g/mol. The first-order valence-electron chi connectivity index (χ1n) is 9.07. The smallest absolute Gasteiger partial charge is 0.417 e. The summed E-state index contributed by atoms with van der Waals surface area (Å²) >= 11 is 5.80. The molecule has 7 heteroatoms. The summed E-state index contributed by atoms with van der Waals surface area (Å²) in [5, 5.41) is 8.90. The van der Waals surface area contributed by atoms with Gasteiger partial charge in [0.25, 0.3) is 0 Å². The Balaban J connectivity index is 2.02. The van der Waals surface area contributed by atoms with E-state index in [1.165, 1.54) is 6.07 Å². The standard InChI is InChI=1S/C21H21ClF3NO2/c1-13-3-2-4-15(11-13)19(26-9-7-14(8-10-26)20(27)28)16-5-6-18(22)17(12-16)21(23,24)25/h2-6,11-12,14,19H,7-10H2,1H3,(H,27,28). The van der Waals surface area contributed by atoms with E-state index in [2.05, 4.69) is 4.90 Å². The van der Waals surface area contributed by atoms with Crippen LogP contribution in [0.3, 0.4) is 0 Å². The van der Waals surface area contributed by atoms with Crippen molar-refractivity contribution < 1.29 is 23.1 Å². The zero-order valence-corrected chi connectivity index (χ0v) is 16.1. The summed E-state index contributed by atoms with van der Waals surface area (Å²) in [6, 6.07) is 11.3. The van der Waals surface area contributed by atoms with E-state index >= 15 is 0 Å². The third-order valence-electron chi connectivity index (χ3n) is 5.21. The Kier molecular flexibility index (Phi) is 6.01. The minimum absolute atomic E-state index is 0.330. The minimum atomic E-state index is -4.54. The van der Waals surface area contributed by atoms with Gasteiger partial charge in [-0.25, -0.2) is 0 Å². The SMILES string of the molecule is Cc1cccc(C(c2ccc(Cl)c(C(F)(F)F)c2)N2CCC(C(=O)O)CC2)c1. The fourth-order valence-electron chi connectivity index (χ4n) is 3.79. The molecule has 0 amide bonds. The molecule has 28 heavy (non-hydrogen) atoms. The summed E-state index contributed by atoms with van der Waals surface area (Å²) in [4.78, 5) is 13.3. The lowest BCUT2D eigenvalue weighted by Gasteiger charge is -2.37. The van der Waals surface area contributed by atoms with E-state index in [0.29, 0.717) is 31.5 Å². The first-order valence-corrected chi connectivity index (χ1v) is 9.44. The number of halogens is 4. The summed E-state index contributed by atoms with van der Waals surface area (Å²) in [7, 11) is 0. The van der Waals surface area contributed by atoms with Crippen molar-refractivity contribution in [3.05, 3.63) is 69.7 Å². The highest BCUT2D eigenvalue weighted by molar-refractivity contribution is 6.31. The van der Waals surface area contributed by atoms with Gasteiger partial charge in [0, 0.05) is 0 Å². The maximum Gasteiger partial charge on any atom is 0.417 e. The van der Waals surface area contributed by atoms with Gasteiger partial charge in [0.15, 0.2) is 0 Å². The molecule has 1 aliphatic heterocycles. The van der Waals surface area contributed by atoms with E-state index in [0.717, 1.165) is 17.2 Å². The Labute approximate surface area is 166 Å². The minimum Gasteiger partial charge on any atom is -0.481 e. The molecule has 0 radical (unpaired) electrons. The van der Waals surface area contributed by atoms with Crippen LogP contribution in [0.2, 0.25) is 5.02 Å². The van der Waals surface area contributed by atoms with Gasteiger partial charge in [-0.05, 0) is 56.1 Å². The quantitative estimate of drug-likeness (QED) is 0.716. The molecule has 0 saturated carbocycles. The molecule has 1 N–H and O–H groups in total. The molecule has 1 aliphatic rings. The number of carboxylic acids is 1. The molecule has 1 heterocycles. The third-order valence-corrected chi connectivity index (χ3v) is 5.54. The summed E-state index contributed by atoms with van der Waals surface area (Å²) in [6.07, 6.45) is -3.60. The topological polar surface area (TPSA) is 40.5 Å². The van der Waals surface area contributed by atoms with Crippen LogP contribution in [0.4, 0.5) is 13.2 Å². The molecular weight excluding hydrogens is 391 g/mol. The fourth-order valence-corrected chi connectivity index (χ4v) is 4.01. The highest BCUT2D eigenvalue weighted by Crippen LogP contribution is 2.39. The molecule has 0 spiro atoms. The number of alkyl halides is 3. The van der Waals surface area contributed by atoms with Crippen LogP contribution >= 0.6 is 11.6 Å². The number of rotatable bonds is 4. The second kappa shape index (κ2) is 8.13. The maximum atomic E-state index is 13.4. The van der Waals surface area contributed by atoms with Gasteiger partial charge >= 0.3 is 12.1 Å². The van der Waals surface area contributed by atoms with Crippen LogP contribution in [-0.2, 0) is 11.0 Å². The van der Waals surface area contributed by atoms with E-state index in [4.69, 9.17) is 11.6 Å². The Bertz CT molecular complexity index is 861. The van der Waals surface area contributed by atoms with Gasteiger partial charge in [-0.1, -0.05) is 47.5 Å². The van der Waals surface area contributed by atoms with Crippen molar-refractivity contribution in [2.24, 2.45) is 5.92 Å². The molecule has 3 rings (SSSR count). The average molecular weight is 412 g/mol. The molecule has 2 aromatic rings. The van der Waals surface area contributed by atoms with Crippen molar-refractivity contribution in [1.82, 2.24) is 4.90 Å². The molecule has 0 bridgehead atoms. The van der Waals surface area contributed by atoms with Crippen molar-refractivity contribution in [2.45, 2.75) is 32.0 Å². The van der Waals surface area contributed by atoms with Crippen molar-refractivity contribution in [3.63, 3.8) is 0 Å². The Morgan fingerprint density at radius 1 is 1.14 bits per heavy atom. The predicted octanol–water partition coefficient (Wildman–Crippen LogP) is 5.55. The van der Waals surface area contributed by atoms with Crippen molar-refractivity contribution >= 4 is 17.6 Å². The lowest BCUT2D eigenvalue weighted by Crippen LogP contribution is -2.39. The zero-order chi connectivity index (χ0) is 20.5. The number of likely N-dealkylation sites (tertiary alicyclic amines) is 1. The lowest BCUT2D eigenvalue weighted by molar-refractivity contribution is -0.143. The van der Waals surface area contributed by atoms with Crippen molar-refractivity contribution in [2.75, 3.05) is 13.1 Å². The van der Waals surface area contributed by atoms with Crippen LogP contribution in [-0.4, -0.2) is 29.1 Å². The number of hydrogen-bond acceptors (Lipinski definition) is 2. The second-order valence-electron chi connectivity index (χ2n) is 7.20. The Morgan fingerprint density at radius 2 is 1.79 bits per heavy atom. The molecule has 3 nitrogen and oxygen atoms in total. The van der Waals surface area contributed by atoms with E-state index in [9.17, 15) is 23.1 Å². The van der Waals surface area contributed by atoms with E-state index < -0.39 is 29.7 Å². The number of hydrogen-bond donors (Lipinski definition) is 1. The normalized spacial score (nSPS) is 17.5. The molecule has 0 aliphatic carbocycles. The van der Waals surface area contributed by atoms with Crippen LogP contribution in [0.15, 0.2) is 42.5 Å². The van der Waals surface area contributed by atoms with Crippen LogP contribution < -0.4 is 0 Å². The van der Waals surface area contributed by atoms with Crippen molar-refractivity contribution in [1.29, 1.82) is 0 Å². The molecule has 0 aromatic heterocycles. The summed E-state index contributed by atoms with van der Waals surface area (Å²) in [6.45, 7) is 2.93. The van der Waals surface area contributed by atoms with Crippen LogP contribution in [0.25, 0.3) is 0 Å².